The van der Waals surface area contributed by atoms with Gasteiger partial charge in [-0.15, -0.1) is 0 Å². The van der Waals surface area contributed by atoms with Crippen LogP contribution < -0.4 is 10.6 Å². The van der Waals surface area contributed by atoms with Gasteiger partial charge in [-0.2, -0.15) is 0 Å². The van der Waals surface area contributed by atoms with Gasteiger partial charge in [-0.1, -0.05) is 23.7 Å². The summed E-state index contributed by atoms with van der Waals surface area (Å²) in [6.07, 6.45) is 0.819. The van der Waals surface area contributed by atoms with Gasteiger partial charge in [0.05, 0.1) is 0 Å². The van der Waals surface area contributed by atoms with Gasteiger partial charge >= 0.3 is 0 Å². The Balaban J connectivity index is 1.40. The molecule has 2 heterocycles. The summed E-state index contributed by atoms with van der Waals surface area (Å²) < 4.78 is 27.1. The summed E-state index contributed by atoms with van der Waals surface area (Å²) in [4.78, 5) is 27.0. The Morgan fingerprint density at radius 2 is 1.90 bits per heavy atom. The van der Waals surface area contributed by atoms with Crippen molar-refractivity contribution >= 4 is 23.4 Å². The van der Waals surface area contributed by atoms with Gasteiger partial charge in [0.1, 0.15) is 23.7 Å². The Hall–Kier alpha value is -2.51. The van der Waals surface area contributed by atoms with Gasteiger partial charge in [0.15, 0.2) is 0 Å². The number of halogens is 3. The molecule has 29 heavy (non-hydrogen) atoms. The molecule has 0 radical (unpaired) electrons. The number of carbonyl (C=O) groups excluding carboxylic acids is 2. The lowest BCUT2D eigenvalue weighted by Crippen LogP contribution is -2.61. The summed E-state index contributed by atoms with van der Waals surface area (Å²) in [6.45, 7) is 0.476. The monoisotopic (exact) mass is 419 g/mol. The third kappa shape index (κ3) is 4.26. The highest BCUT2D eigenvalue weighted by Gasteiger charge is 2.46. The summed E-state index contributed by atoms with van der Waals surface area (Å²) in [7, 11) is 0. The summed E-state index contributed by atoms with van der Waals surface area (Å²) >= 11 is 5.89. The van der Waals surface area contributed by atoms with Crippen molar-refractivity contribution < 1.29 is 18.4 Å². The van der Waals surface area contributed by atoms with Gasteiger partial charge in [0.2, 0.25) is 11.8 Å². The zero-order valence-corrected chi connectivity index (χ0v) is 16.3. The molecule has 2 amide bonds. The molecular formula is C21H20ClF2N3O2. The second-order valence-corrected chi connectivity index (χ2v) is 7.88. The number of rotatable bonds is 5. The first-order valence-electron chi connectivity index (χ1n) is 9.43. The van der Waals surface area contributed by atoms with E-state index in [1.807, 2.05) is 12.1 Å². The maximum atomic E-state index is 13.8. The van der Waals surface area contributed by atoms with Crippen molar-refractivity contribution in [1.29, 1.82) is 0 Å². The van der Waals surface area contributed by atoms with E-state index < -0.39 is 23.7 Å². The molecule has 4 rings (SSSR count). The predicted octanol–water partition coefficient (Wildman–Crippen LogP) is 2.42. The van der Waals surface area contributed by atoms with Gasteiger partial charge in [-0.05, 0) is 42.3 Å². The zero-order chi connectivity index (χ0) is 20.5. The molecule has 2 fully saturated rings. The number of hydrogen-bond donors (Lipinski definition) is 2. The van der Waals surface area contributed by atoms with Crippen molar-refractivity contribution in [1.82, 2.24) is 15.5 Å². The average Bonchev–Trinajstić information content (AvgIpc) is 3.13. The van der Waals surface area contributed by atoms with Crippen molar-refractivity contribution in [2.45, 2.75) is 37.5 Å². The third-order valence-corrected chi connectivity index (χ3v) is 5.70. The minimum absolute atomic E-state index is 0.124. The van der Waals surface area contributed by atoms with E-state index in [4.69, 9.17) is 11.6 Å². The number of carbonyl (C=O) groups is 2. The molecular weight excluding hydrogens is 400 g/mol. The van der Waals surface area contributed by atoms with Crippen LogP contribution in [0.3, 0.4) is 0 Å². The first-order chi connectivity index (χ1) is 13.9. The van der Waals surface area contributed by atoms with E-state index in [2.05, 4.69) is 10.6 Å². The van der Waals surface area contributed by atoms with Crippen molar-refractivity contribution in [3.63, 3.8) is 0 Å². The van der Waals surface area contributed by atoms with Crippen molar-refractivity contribution in [2.75, 3.05) is 6.54 Å². The topological polar surface area (TPSA) is 61.4 Å². The van der Waals surface area contributed by atoms with Crippen LogP contribution in [-0.2, 0) is 22.6 Å². The highest BCUT2D eigenvalue weighted by Crippen LogP contribution is 2.24. The standard InChI is InChI=1S/C21H20ClF2N3O2/c22-14-3-1-12(2-4-14)7-18-21(29)27-11-16(9-19(27)20(28)26-18)25-10-13-8-15(23)5-6-17(13)24/h1-6,8,16,18-19,25H,7,9-11H2,(H,26,28)/t16-,18-,19-/m0/s1. The molecule has 2 aliphatic heterocycles. The van der Waals surface area contributed by atoms with E-state index in [9.17, 15) is 18.4 Å². The lowest BCUT2D eigenvalue weighted by molar-refractivity contribution is -0.147. The first kappa shape index (κ1) is 19.8. The van der Waals surface area contributed by atoms with Gasteiger partial charge in [0, 0.05) is 36.1 Å². The van der Waals surface area contributed by atoms with E-state index in [-0.39, 0.29) is 30.0 Å². The molecule has 2 aromatic carbocycles. The number of benzene rings is 2. The normalized spacial score (nSPS) is 23.8. The summed E-state index contributed by atoms with van der Waals surface area (Å²) in [6, 6.07) is 9.11. The number of nitrogens with one attached hydrogen (secondary N) is 2. The molecule has 2 aromatic rings. The average molecular weight is 420 g/mol. The third-order valence-electron chi connectivity index (χ3n) is 5.44. The molecule has 0 unspecified atom stereocenters. The quantitative estimate of drug-likeness (QED) is 0.782. The van der Waals surface area contributed by atoms with E-state index >= 15 is 0 Å². The van der Waals surface area contributed by atoms with E-state index in [1.165, 1.54) is 0 Å². The van der Waals surface area contributed by atoms with Crippen LogP contribution in [0.25, 0.3) is 0 Å². The Morgan fingerprint density at radius 1 is 1.14 bits per heavy atom. The fourth-order valence-corrected chi connectivity index (χ4v) is 4.06. The van der Waals surface area contributed by atoms with Gasteiger partial charge in [0.25, 0.3) is 0 Å². The predicted molar refractivity (Wildman–Crippen MR) is 104 cm³/mol. The van der Waals surface area contributed by atoms with Crippen LogP contribution in [0.15, 0.2) is 42.5 Å². The number of fused-ring (bicyclic) bond motifs is 1. The molecule has 0 bridgehead atoms. The fourth-order valence-electron chi connectivity index (χ4n) is 3.93. The van der Waals surface area contributed by atoms with Gasteiger partial charge in [-0.25, -0.2) is 8.78 Å². The van der Waals surface area contributed by atoms with E-state index in [1.54, 1.807) is 17.0 Å². The minimum atomic E-state index is -0.626. The lowest BCUT2D eigenvalue weighted by Gasteiger charge is -2.34. The Labute approximate surface area is 172 Å². The van der Waals surface area contributed by atoms with Crippen LogP contribution in [-0.4, -0.2) is 41.4 Å². The number of hydrogen-bond acceptors (Lipinski definition) is 3. The molecule has 0 aromatic heterocycles. The lowest BCUT2D eigenvalue weighted by atomic mass is 10.0. The maximum Gasteiger partial charge on any atom is 0.246 e. The highest BCUT2D eigenvalue weighted by molar-refractivity contribution is 6.30. The molecule has 0 saturated carbocycles. The van der Waals surface area contributed by atoms with Crippen LogP contribution in [0.4, 0.5) is 8.78 Å². The molecule has 3 atom stereocenters. The van der Waals surface area contributed by atoms with Crippen molar-refractivity contribution in [2.24, 2.45) is 0 Å². The second kappa shape index (κ2) is 8.08. The zero-order valence-electron chi connectivity index (χ0n) is 15.5. The maximum absolute atomic E-state index is 13.8. The van der Waals surface area contributed by atoms with Crippen LogP contribution in [0.5, 0.6) is 0 Å². The van der Waals surface area contributed by atoms with Crippen LogP contribution >= 0.6 is 11.6 Å². The number of amides is 2. The molecule has 2 saturated heterocycles. The Bertz CT molecular complexity index is 938. The SMILES string of the molecule is O=C1N[C@@H](Cc2ccc(Cl)cc2)C(=O)N2C[C@@H](NCc3cc(F)ccc3F)C[C@@H]12. The molecule has 0 spiro atoms. The molecule has 0 aliphatic carbocycles. The first-order valence-corrected chi connectivity index (χ1v) is 9.81. The Morgan fingerprint density at radius 3 is 2.66 bits per heavy atom. The smallest absolute Gasteiger partial charge is 0.246 e. The Kier molecular flexibility index (Phi) is 5.52. The molecule has 5 nitrogen and oxygen atoms in total. The fraction of sp³-hybridized carbons (Fsp3) is 0.333. The molecule has 2 N–H and O–H groups in total. The highest BCUT2D eigenvalue weighted by atomic mass is 35.5. The largest absolute Gasteiger partial charge is 0.342 e. The number of piperazine rings is 1. The van der Waals surface area contributed by atoms with Gasteiger partial charge in [-0.3, -0.25) is 9.59 Å². The summed E-state index contributed by atoms with van der Waals surface area (Å²) in [5.74, 6) is -1.33. The molecule has 152 valence electrons. The van der Waals surface area contributed by atoms with E-state index in [0.29, 0.717) is 24.4 Å². The van der Waals surface area contributed by atoms with Crippen molar-refractivity contribution in [3.05, 3.63) is 70.2 Å². The number of nitrogens with zero attached hydrogens (tertiary/aromatic N) is 1. The molecule has 2 aliphatic rings. The molecule has 8 heteroatoms. The second-order valence-electron chi connectivity index (χ2n) is 7.45. The summed E-state index contributed by atoms with van der Waals surface area (Å²) in [5, 5.41) is 6.56. The van der Waals surface area contributed by atoms with Crippen LogP contribution in [0.1, 0.15) is 17.5 Å². The van der Waals surface area contributed by atoms with Crippen LogP contribution in [0, 0.1) is 11.6 Å². The van der Waals surface area contributed by atoms with Crippen LogP contribution in [0.2, 0.25) is 5.02 Å². The van der Waals surface area contributed by atoms with Crippen molar-refractivity contribution in [3.8, 4) is 0 Å². The van der Waals surface area contributed by atoms with Gasteiger partial charge < -0.3 is 15.5 Å². The summed E-state index contributed by atoms with van der Waals surface area (Å²) in [5.41, 5.74) is 1.12. The van der Waals surface area contributed by atoms with E-state index in [0.717, 1.165) is 23.8 Å². The minimum Gasteiger partial charge on any atom is -0.342 e.